The van der Waals surface area contributed by atoms with Crippen molar-refractivity contribution in [2.45, 2.75) is 18.9 Å². The van der Waals surface area contributed by atoms with Crippen molar-refractivity contribution in [1.82, 2.24) is 14.7 Å². The number of aromatic nitrogens is 2. The summed E-state index contributed by atoms with van der Waals surface area (Å²) in [5, 5.41) is 23.9. The summed E-state index contributed by atoms with van der Waals surface area (Å²) in [5.41, 5.74) is 0.468. The van der Waals surface area contributed by atoms with E-state index in [1.807, 2.05) is 0 Å². The van der Waals surface area contributed by atoms with Crippen LogP contribution >= 0.6 is 0 Å². The van der Waals surface area contributed by atoms with Crippen molar-refractivity contribution >= 4 is 17.6 Å². The van der Waals surface area contributed by atoms with Gasteiger partial charge in [-0.2, -0.15) is 5.10 Å². The molecule has 1 heterocycles. The van der Waals surface area contributed by atoms with Crippen molar-refractivity contribution in [1.29, 1.82) is 0 Å². The number of non-ortho nitro benzene ring substituents is 1. The standard InChI is InChI=1S/C15H14N4O5/c20-14(21)9-17(10-4-5-10)15(22)13-6-7-18(16-13)11-2-1-3-12(8-11)19(23)24/h1-3,6-8,10H,4-5,9H2,(H,20,21). The lowest BCUT2D eigenvalue weighted by Gasteiger charge is -2.18. The molecule has 0 aliphatic heterocycles. The third kappa shape index (κ3) is 3.24. The summed E-state index contributed by atoms with van der Waals surface area (Å²) in [6.45, 7) is -0.368. The lowest BCUT2D eigenvalue weighted by Crippen LogP contribution is -2.37. The predicted octanol–water partition coefficient (Wildman–Crippen LogP) is 1.47. The number of aliphatic carboxylic acids is 1. The molecular formula is C15H14N4O5. The van der Waals surface area contributed by atoms with Crippen LogP contribution in [-0.4, -0.2) is 49.2 Å². The third-order valence-electron chi connectivity index (χ3n) is 3.67. The van der Waals surface area contributed by atoms with Crippen molar-refractivity contribution in [3.63, 3.8) is 0 Å². The summed E-state index contributed by atoms with van der Waals surface area (Å²) in [7, 11) is 0. The van der Waals surface area contributed by atoms with Crippen LogP contribution in [0.15, 0.2) is 36.5 Å². The van der Waals surface area contributed by atoms with Gasteiger partial charge in [-0.05, 0) is 25.0 Å². The number of hydrogen-bond acceptors (Lipinski definition) is 5. The number of nitro benzene ring substituents is 1. The number of rotatable bonds is 6. The van der Waals surface area contributed by atoms with E-state index in [1.54, 1.807) is 6.07 Å². The van der Waals surface area contributed by atoms with Gasteiger partial charge in [0, 0.05) is 24.4 Å². The molecule has 2 aromatic rings. The molecule has 0 saturated heterocycles. The molecule has 1 aromatic carbocycles. The summed E-state index contributed by atoms with van der Waals surface area (Å²) in [6, 6.07) is 7.27. The normalized spacial score (nSPS) is 13.5. The molecule has 0 unspecified atom stereocenters. The van der Waals surface area contributed by atoms with Crippen LogP contribution in [0.25, 0.3) is 5.69 Å². The van der Waals surface area contributed by atoms with Crippen LogP contribution in [0.5, 0.6) is 0 Å². The van der Waals surface area contributed by atoms with E-state index in [0.29, 0.717) is 5.69 Å². The molecule has 1 aliphatic rings. The first kappa shape index (κ1) is 15.7. The molecule has 0 atom stereocenters. The average molecular weight is 330 g/mol. The SMILES string of the molecule is O=C(O)CN(C(=O)c1ccn(-c2cccc([N+](=O)[O-])c2)n1)C1CC1. The zero-order valence-corrected chi connectivity index (χ0v) is 12.5. The van der Waals surface area contributed by atoms with Gasteiger partial charge >= 0.3 is 5.97 Å². The van der Waals surface area contributed by atoms with E-state index in [9.17, 15) is 19.7 Å². The van der Waals surface area contributed by atoms with Crippen LogP contribution < -0.4 is 0 Å². The quantitative estimate of drug-likeness (QED) is 0.633. The molecule has 0 spiro atoms. The van der Waals surface area contributed by atoms with Crippen molar-refractivity contribution in [3.8, 4) is 5.69 Å². The second-order valence-corrected chi connectivity index (χ2v) is 5.48. The molecule has 0 radical (unpaired) electrons. The second-order valence-electron chi connectivity index (χ2n) is 5.48. The molecule has 24 heavy (non-hydrogen) atoms. The van der Waals surface area contributed by atoms with Gasteiger partial charge in [0.25, 0.3) is 11.6 Å². The molecule has 124 valence electrons. The fourth-order valence-corrected chi connectivity index (χ4v) is 2.38. The summed E-state index contributed by atoms with van der Waals surface area (Å²) < 4.78 is 1.35. The van der Waals surface area contributed by atoms with Gasteiger partial charge in [-0.3, -0.25) is 19.7 Å². The molecule has 3 rings (SSSR count). The van der Waals surface area contributed by atoms with Crippen molar-refractivity contribution in [2.75, 3.05) is 6.54 Å². The number of hydrogen-bond donors (Lipinski definition) is 1. The lowest BCUT2D eigenvalue weighted by atomic mass is 10.3. The van der Waals surface area contributed by atoms with Crippen molar-refractivity contribution < 1.29 is 19.6 Å². The Bertz CT molecular complexity index is 812. The largest absolute Gasteiger partial charge is 0.480 e. The lowest BCUT2D eigenvalue weighted by molar-refractivity contribution is -0.384. The van der Waals surface area contributed by atoms with E-state index >= 15 is 0 Å². The molecule has 1 amide bonds. The van der Waals surface area contributed by atoms with Gasteiger partial charge in [0.1, 0.15) is 6.54 Å². The highest BCUT2D eigenvalue weighted by Crippen LogP contribution is 2.28. The summed E-state index contributed by atoms with van der Waals surface area (Å²) >= 11 is 0. The van der Waals surface area contributed by atoms with Crippen molar-refractivity contribution in [2.24, 2.45) is 0 Å². The molecule has 9 heteroatoms. The zero-order chi connectivity index (χ0) is 17.3. The highest BCUT2D eigenvalue weighted by molar-refractivity contribution is 5.94. The van der Waals surface area contributed by atoms with E-state index < -0.39 is 16.8 Å². The maximum Gasteiger partial charge on any atom is 0.323 e. The summed E-state index contributed by atoms with van der Waals surface area (Å²) in [5.74, 6) is -1.53. The third-order valence-corrected chi connectivity index (χ3v) is 3.67. The van der Waals surface area contributed by atoms with E-state index in [2.05, 4.69) is 5.10 Å². The van der Waals surface area contributed by atoms with Crippen LogP contribution in [0.1, 0.15) is 23.3 Å². The van der Waals surface area contributed by atoms with Crippen LogP contribution in [0.4, 0.5) is 5.69 Å². The molecule has 1 aliphatic carbocycles. The van der Waals surface area contributed by atoms with E-state index in [4.69, 9.17) is 5.11 Å². The number of nitrogens with zero attached hydrogens (tertiary/aromatic N) is 4. The van der Waals surface area contributed by atoms with E-state index in [0.717, 1.165) is 12.8 Å². The zero-order valence-electron chi connectivity index (χ0n) is 12.5. The molecule has 9 nitrogen and oxygen atoms in total. The Kier molecular flexibility index (Phi) is 3.98. The Morgan fingerprint density at radius 1 is 1.38 bits per heavy atom. The molecule has 1 fully saturated rings. The highest BCUT2D eigenvalue weighted by Gasteiger charge is 2.35. The maximum absolute atomic E-state index is 12.5. The number of carbonyl (C=O) groups excluding carboxylic acids is 1. The topological polar surface area (TPSA) is 119 Å². The first-order chi connectivity index (χ1) is 11.5. The smallest absolute Gasteiger partial charge is 0.323 e. The van der Waals surface area contributed by atoms with Crippen LogP contribution in [0.3, 0.4) is 0 Å². The number of nitro groups is 1. The second kappa shape index (κ2) is 6.11. The fraction of sp³-hybridized carbons (Fsp3) is 0.267. The minimum atomic E-state index is -1.08. The van der Waals surface area contributed by atoms with Gasteiger partial charge in [-0.1, -0.05) is 6.07 Å². The predicted molar refractivity (Wildman–Crippen MR) is 81.9 cm³/mol. The van der Waals surface area contributed by atoms with Gasteiger partial charge in [0.05, 0.1) is 10.6 Å². The monoisotopic (exact) mass is 330 g/mol. The van der Waals surface area contributed by atoms with Gasteiger partial charge < -0.3 is 10.0 Å². The Labute approximate surface area is 136 Å². The van der Waals surface area contributed by atoms with Gasteiger partial charge in [-0.25, -0.2) is 4.68 Å². The molecule has 0 bridgehead atoms. The summed E-state index contributed by atoms with van der Waals surface area (Å²) in [4.78, 5) is 35.0. The minimum Gasteiger partial charge on any atom is -0.480 e. The Balaban J connectivity index is 1.84. The van der Waals surface area contributed by atoms with Gasteiger partial charge in [0.2, 0.25) is 0 Å². The van der Waals surface area contributed by atoms with E-state index in [-0.39, 0.29) is 24.0 Å². The molecular weight excluding hydrogens is 316 g/mol. The Hall–Kier alpha value is -3.23. The molecule has 1 N–H and O–H groups in total. The fourth-order valence-electron chi connectivity index (χ4n) is 2.38. The first-order valence-electron chi connectivity index (χ1n) is 7.29. The average Bonchev–Trinajstić information content (AvgIpc) is 3.27. The number of benzene rings is 1. The van der Waals surface area contributed by atoms with E-state index in [1.165, 1.54) is 40.0 Å². The molecule has 1 saturated carbocycles. The van der Waals surface area contributed by atoms with Gasteiger partial charge in [-0.15, -0.1) is 0 Å². The summed E-state index contributed by atoms with van der Waals surface area (Å²) in [6.07, 6.45) is 3.08. The number of carboxylic acid groups (broad SMARTS) is 1. The maximum atomic E-state index is 12.5. The molecule has 1 aromatic heterocycles. The number of carboxylic acids is 1. The van der Waals surface area contributed by atoms with Crippen LogP contribution in [0.2, 0.25) is 0 Å². The van der Waals surface area contributed by atoms with Crippen LogP contribution in [0, 0.1) is 10.1 Å². The van der Waals surface area contributed by atoms with Crippen molar-refractivity contribution in [3.05, 3.63) is 52.3 Å². The minimum absolute atomic E-state index is 0.0587. The Morgan fingerprint density at radius 2 is 2.12 bits per heavy atom. The first-order valence-corrected chi connectivity index (χ1v) is 7.29. The number of amides is 1. The number of carbonyl (C=O) groups is 2. The Morgan fingerprint density at radius 3 is 2.75 bits per heavy atom. The van der Waals surface area contributed by atoms with Crippen LogP contribution in [-0.2, 0) is 4.79 Å². The van der Waals surface area contributed by atoms with Gasteiger partial charge in [0.15, 0.2) is 5.69 Å². The highest BCUT2D eigenvalue weighted by atomic mass is 16.6.